The Balaban J connectivity index is 0.000000461. The second-order valence-electron chi connectivity index (χ2n) is 3.17. The van der Waals surface area contributed by atoms with Gasteiger partial charge in [-0.15, -0.1) is 0 Å². The van der Waals surface area contributed by atoms with Crippen LogP contribution in [-0.2, 0) is 4.79 Å². The molecule has 0 aromatic rings. The maximum atomic E-state index is 10.3. The second-order valence-corrected chi connectivity index (χ2v) is 3.17. The summed E-state index contributed by atoms with van der Waals surface area (Å²) in [6.07, 6.45) is 5.96. The van der Waals surface area contributed by atoms with Crippen LogP contribution < -0.4 is 0 Å². The van der Waals surface area contributed by atoms with Crippen molar-refractivity contribution in [1.82, 2.24) is 0 Å². The number of hydrogen-bond donors (Lipinski definition) is 0. The van der Waals surface area contributed by atoms with Gasteiger partial charge in [0, 0.05) is 5.92 Å². The summed E-state index contributed by atoms with van der Waals surface area (Å²) in [5, 5.41) is 0. The van der Waals surface area contributed by atoms with Gasteiger partial charge in [0.25, 0.3) is 0 Å². The fourth-order valence-electron chi connectivity index (χ4n) is 1.60. The Morgan fingerprint density at radius 2 is 1.91 bits per heavy atom. The number of rotatable bonds is 1. The van der Waals surface area contributed by atoms with Crippen LogP contribution in [0.1, 0.15) is 46.5 Å². The smallest absolute Gasteiger partial charge is 0.123 e. The molecule has 1 aliphatic rings. The van der Waals surface area contributed by atoms with Gasteiger partial charge in [0.15, 0.2) is 0 Å². The van der Waals surface area contributed by atoms with E-state index in [0.29, 0.717) is 5.92 Å². The molecule has 0 radical (unpaired) electrons. The number of hydrogen-bond acceptors (Lipinski definition) is 1. The van der Waals surface area contributed by atoms with Gasteiger partial charge in [-0.2, -0.15) is 0 Å². The van der Waals surface area contributed by atoms with Gasteiger partial charge in [-0.1, -0.05) is 33.6 Å². The van der Waals surface area contributed by atoms with E-state index in [1.807, 2.05) is 13.8 Å². The van der Waals surface area contributed by atoms with Crippen molar-refractivity contribution in [1.29, 1.82) is 0 Å². The molecule has 0 N–H and O–H groups in total. The van der Waals surface area contributed by atoms with E-state index < -0.39 is 0 Å². The Hall–Kier alpha value is -0.330. The lowest BCUT2D eigenvalue weighted by atomic mass is 9.83. The lowest BCUT2D eigenvalue weighted by Gasteiger charge is -2.21. The third-order valence-electron chi connectivity index (χ3n) is 2.17. The molecular formula is C10H20O. The number of carbonyl (C=O) groups is 1. The highest BCUT2D eigenvalue weighted by Crippen LogP contribution is 2.26. The van der Waals surface area contributed by atoms with Gasteiger partial charge in [0.1, 0.15) is 6.29 Å². The van der Waals surface area contributed by atoms with Crippen molar-refractivity contribution in [3.8, 4) is 0 Å². The Bertz CT molecular complexity index is 99.0. The molecule has 1 saturated carbocycles. The molecule has 0 bridgehead atoms. The van der Waals surface area contributed by atoms with Crippen molar-refractivity contribution in [3.05, 3.63) is 0 Å². The first-order valence-electron chi connectivity index (χ1n) is 4.78. The van der Waals surface area contributed by atoms with E-state index in [2.05, 4.69) is 6.92 Å². The zero-order chi connectivity index (χ0) is 8.69. The normalized spacial score (nSPS) is 30.1. The quantitative estimate of drug-likeness (QED) is 0.533. The van der Waals surface area contributed by atoms with Crippen molar-refractivity contribution in [2.75, 3.05) is 0 Å². The molecule has 0 aromatic carbocycles. The zero-order valence-corrected chi connectivity index (χ0v) is 7.97. The molecule has 1 rings (SSSR count). The average Bonchev–Trinajstić information content (AvgIpc) is 2.08. The van der Waals surface area contributed by atoms with Crippen LogP contribution in [0, 0.1) is 11.8 Å². The summed E-state index contributed by atoms with van der Waals surface area (Å²) in [7, 11) is 0. The van der Waals surface area contributed by atoms with Crippen LogP contribution in [0.3, 0.4) is 0 Å². The van der Waals surface area contributed by atoms with Crippen LogP contribution in [-0.4, -0.2) is 6.29 Å². The van der Waals surface area contributed by atoms with E-state index >= 15 is 0 Å². The highest BCUT2D eigenvalue weighted by Gasteiger charge is 2.17. The number of carbonyl (C=O) groups excluding carboxylic acids is 1. The minimum atomic E-state index is 0.383. The Morgan fingerprint density at radius 3 is 2.27 bits per heavy atom. The van der Waals surface area contributed by atoms with Crippen LogP contribution in [0.15, 0.2) is 0 Å². The zero-order valence-electron chi connectivity index (χ0n) is 7.97. The Labute approximate surface area is 70.2 Å². The molecule has 0 amide bonds. The SMILES string of the molecule is CC.CC1CCCC(C=O)C1. The van der Waals surface area contributed by atoms with Crippen molar-refractivity contribution in [2.24, 2.45) is 11.8 Å². The molecule has 2 unspecified atom stereocenters. The standard InChI is InChI=1S/C8H14O.C2H6/c1-7-3-2-4-8(5-7)6-9;1-2/h6-8H,2-5H2,1H3;1-2H3. The van der Waals surface area contributed by atoms with Crippen molar-refractivity contribution < 1.29 is 4.79 Å². The van der Waals surface area contributed by atoms with Crippen LogP contribution in [0.25, 0.3) is 0 Å². The van der Waals surface area contributed by atoms with Crippen molar-refractivity contribution in [3.63, 3.8) is 0 Å². The Kier molecular flexibility index (Phi) is 6.19. The Morgan fingerprint density at radius 1 is 1.27 bits per heavy atom. The summed E-state index contributed by atoms with van der Waals surface area (Å²) in [5.41, 5.74) is 0. The first-order valence-corrected chi connectivity index (χ1v) is 4.78. The van der Waals surface area contributed by atoms with Crippen LogP contribution in [0.5, 0.6) is 0 Å². The molecule has 0 aromatic heterocycles. The van der Waals surface area contributed by atoms with E-state index in [-0.39, 0.29) is 0 Å². The maximum Gasteiger partial charge on any atom is 0.123 e. The van der Waals surface area contributed by atoms with Crippen LogP contribution in [0.2, 0.25) is 0 Å². The van der Waals surface area contributed by atoms with Gasteiger partial charge in [0.05, 0.1) is 0 Å². The molecule has 0 heterocycles. The molecule has 1 fully saturated rings. The molecule has 0 aliphatic heterocycles. The average molecular weight is 156 g/mol. The summed E-state index contributed by atoms with van der Waals surface area (Å²) in [5.74, 6) is 1.17. The molecule has 11 heavy (non-hydrogen) atoms. The lowest BCUT2D eigenvalue weighted by molar-refractivity contribution is -0.112. The van der Waals surface area contributed by atoms with Gasteiger partial charge >= 0.3 is 0 Å². The third-order valence-corrected chi connectivity index (χ3v) is 2.17. The fourth-order valence-corrected chi connectivity index (χ4v) is 1.60. The summed E-state index contributed by atoms with van der Waals surface area (Å²) < 4.78 is 0. The topological polar surface area (TPSA) is 17.1 Å². The van der Waals surface area contributed by atoms with Gasteiger partial charge in [-0.05, 0) is 18.8 Å². The first kappa shape index (κ1) is 10.7. The second kappa shape index (κ2) is 6.38. The van der Waals surface area contributed by atoms with E-state index in [1.54, 1.807) is 0 Å². The molecule has 2 atom stereocenters. The fraction of sp³-hybridized carbons (Fsp3) is 0.900. The molecule has 1 nitrogen and oxygen atoms in total. The lowest BCUT2D eigenvalue weighted by Crippen LogP contribution is -2.13. The van der Waals surface area contributed by atoms with Gasteiger partial charge in [-0.25, -0.2) is 0 Å². The van der Waals surface area contributed by atoms with Crippen molar-refractivity contribution in [2.45, 2.75) is 46.5 Å². The largest absolute Gasteiger partial charge is 0.303 e. The van der Waals surface area contributed by atoms with Crippen molar-refractivity contribution >= 4 is 6.29 Å². The molecule has 66 valence electrons. The third kappa shape index (κ3) is 4.18. The van der Waals surface area contributed by atoms with E-state index in [0.717, 1.165) is 25.0 Å². The van der Waals surface area contributed by atoms with E-state index in [1.165, 1.54) is 12.8 Å². The molecule has 1 heteroatoms. The summed E-state index contributed by atoms with van der Waals surface area (Å²) in [4.78, 5) is 10.3. The minimum Gasteiger partial charge on any atom is -0.303 e. The van der Waals surface area contributed by atoms with Gasteiger partial charge in [-0.3, -0.25) is 0 Å². The summed E-state index contributed by atoms with van der Waals surface area (Å²) in [6, 6.07) is 0. The molecule has 0 saturated heterocycles. The summed E-state index contributed by atoms with van der Waals surface area (Å²) >= 11 is 0. The van der Waals surface area contributed by atoms with Gasteiger partial charge in [0.2, 0.25) is 0 Å². The van der Waals surface area contributed by atoms with Crippen LogP contribution in [0.4, 0.5) is 0 Å². The predicted molar refractivity (Wildman–Crippen MR) is 48.5 cm³/mol. The highest BCUT2D eigenvalue weighted by molar-refractivity contribution is 5.53. The van der Waals surface area contributed by atoms with E-state index in [9.17, 15) is 4.79 Å². The predicted octanol–water partition coefficient (Wildman–Crippen LogP) is 3.04. The molecule has 0 spiro atoms. The first-order chi connectivity index (χ1) is 5.33. The molecule has 1 aliphatic carbocycles. The monoisotopic (exact) mass is 156 g/mol. The summed E-state index contributed by atoms with van der Waals surface area (Å²) in [6.45, 7) is 6.23. The molecular weight excluding hydrogens is 136 g/mol. The highest BCUT2D eigenvalue weighted by atomic mass is 16.1. The van der Waals surface area contributed by atoms with Gasteiger partial charge < -0.3 is 4.79 Å². The van der Waals surface area contributed by atoms with Crippen LogP contribution >= 0.6 is 0 Å². The minimum absolute atomic E-state index is 0.383. The maximum absolute atomic E-state index is 10.3. The van der Waals surface area contributed by atoms with E-state index in [4.69, 9.17) is 0 Å². The number of aldehydes is 1.